The molecule has 2 aromatic rings. The molecule has 0 saturated heterocycles. The average molecular weight is 245 g/mol. The van der Waals surface area contributed by atoms with E-state index in [-0.39, 0.29) is 5.28 Å². The Morgan fingerprint density at radius 2 is 2.00 bits per heavy atom. The van der Waals surface area contributed by atoms with Crippen LogP contribution in [0.15, 0.2) is 0 Å². The first-order chi connectivity index (χ1) is 7.08. The van der Waals surface area contributed by atoms with Crippen molar-refractivity contribution >= 4 is 34.2 Å². The molecule has 1 N–H and O–H groups in total. The first-order valence-corrected chi connectivity index (χ1v) is 5.39. The number of rotatable bonds is 2. The number of hydrogen-bond donors (Lipinski definition) is 1. The van der Waals surface area contributed by atoms with Crippen molar-refractivity contribution in [1.82, 2.24) is 20.2 Å². The van der Waals surface area contributed by atoms with E-state index in [1.165, 1.54) is 0 Å². The number of hydrogen-bond acceptors (Lipinski definition) is 3. The summed E-state index contributed by atoms with van der Waals surface area (Å²) in [4.78, 5) is 7.89. The Morgan fingerprint density at radius 1 is 1.27 bits per heavy atom. The zero-order valence-electron chi connectivity index (χ0n) is 8.38. The summed E-state index contributed by atoms with van der Waals surface area (Å²) >= 11 is 11.7. The molecule has 2 aromatic heterocycles. The van der Waals surface area contributed by atoms with Crippen molar-refractivity contribution in [3.05, 3.63) is 16.1 Å². The van der Waals surface area contributed by atoms with Gasteiger partial charge in [0.2, 0.25) is 5.28 Å². The average Bonchev–Trinajstić information content (AvgIpc) is 2.46. The van der Waals surface area contributed by atoms with Crippen LogP contribution >= 0.6 is 23.2 Å². The number of H-pyrrole nitrogens is 1. The number of aromatic amines is 1. The molecule has 0 aliphatic heterocycles. The zero-order valence-corrected chi connectivity index (χ0v) is 9.89. The summed E-state index contributed by atoms with van der Waals surface area (Å²) < 4.78 is 0. The summed E-state index contributed by atoms with van der Waals surface area (Å²) in [5, 5.41) is 8.22. The highest BCUT2D eigenvalue weighted by molar-refractivity contribution is 6.35. The van der Waals surface area contributed by atoms with E-state index in [0.29, 0.717) is 16.7 Å². The first-order valence-electron chi connectivity index (χ1n) is 4.64. The molecule has 80 valence electrons. The van der Waals surface area contributed by atoms with Gasteiger partial charge in [-0.2, -0.15) is 10.1 Å². The number of nitrogens with one attached hydrogen (secondary N) is 1. The maximum atomic E-state index is 6.00. The highest BCUT2D eigenvalue weighted by Crippen LogP contribution is 2.25. The molecular formula is C9H10Cl2N4. The van der Waals surface area contributed by atoms with Gasteiger partial charge in [0.1, 0.15) is 5.15 Å². The number of aromatic nitrogens is 4. The lowest BCUT2D eigenvalue weighted by molar-refractivity contribution is 0.636. The van der Waals surface area contributed by atoms with Gasteiger partial charge in [0.15, 0.2) is 5.65 Å². The fourth-order valence-electron chi connectivity index (χ4n) is 1.47. The molecule has 2 heterocycles. The Balaban J connectivity index is 2.58. The van der Waals surface area contributed by atoms with Crippen molar-refractivity contribution in [2.45, 2.75) is 20.3 Å². The fourth-order valence-corrected chi connectivity index (χ4v) is 1.96. The summed E-state index contributed by atoms with van der Waals surface area (Å²) in [6, 6.07) is 0. The van der Waals surface area contributed by atoms with E-state index in [0.717, 1.165) is 17.5 Å². The van der Waals surface area contributed by atoms with E-state index in [1.54, 1.807) is 0 Å². The van der Waals surface area contributed by atoms with Gasteiger partial charge in [-0.3, -0.25) is 5.10 Å². The van der Waals surface area contributed by atoms with E-state index in [4.69, 9.17) is 23.2 Å². The molecule has 0 spiro atoms. The van der Waals surface area contributed by atoms with E-state index in [1.807, 2.05) is 0 Å². The van der Waals surface area contributed by atoms with Crippen LogP contribution in [0.25, 0.3) is 11.0 Å². The summed E-state index contributed by atoms with van der Waals surface area (Å²) in [5.41, 5.74) is 1.48. The van der Waals surface area contributed by atoms with E-state index < -0.39 is 0 Å². The van der Waals surface area contributed by atoms with Gasteiger partial charge < -0.3 is 0 Å². The van der Waals surface area contributed by atoms with Crippen LogP contribution in [0.3, 0.4) is 0 Å². The summed E-state index contributed by atoms with van der Waals surface area (Å²) in [6.07, 6.45) is 0.862. The van der Waals surface area contributed by atoms with Gasteiger partial charge >= 0.3 is 0 Å². The van der Waals surface area contributed by atoms with Crippen molar-refractivity contribution in [3.8, 4) is 0 Å². The Morgan fingerprint density at radius 3 is 2.67 bits per heavy atom. The molecule has 2 rings (SSSR count). The van der Waals surface area contributed by atoms with E-state index >= 15 is 0 Å². The quantitative estimate of drug-likeness (QED) is 0.653. The summed E-state index contributed by atoms with van der Waals surface area (Å²) in [7, 11) is 0. The van der Waals surface area contributed by atoms with Gasteiger partial charge in [0.05, 0.1) is 5.39 Å². The van der Waals surface area contributed by atoms with Gasteiger partial charge in [0.25, 0.3) is 0 Å². The third-order valence-electron chi connectivity index (χ3n) is 2.03. The maximum Gasteiger partial charge on any atom is 0.225 e. The predicted molar refractivity (Wildman–Crippen MR) is 60.2 cm³/mol. The minimum atomic E-state index is 0.120. The van der Waals surface area contributed by atoms with E-state index in [2.05, 4.69) is 34.0 Å². The Labute approximate surface area is 97.0 Å². The van der Waals surface area contributed by atoms with Crippen molar-refractivity contribution in [3.63, 3.8) is 0 Å². The van der Waals surface area contributed by atoms with Crippen molar-refractivity contribution in [1.29, 1.82) is 0 Å². The molecule has 0 saturated carbocycles. The van der Waals surface area contributed by atoms with Gasteiger partial charge in [-0.15, -0.1) is 0 Å². The second-order valence-corrected chi connectivity index (χ2v) is 4.48. The molecule has 0 unspecified atom stereocenters. The van der Waals surface area contributed by atoms with Crippen LogP contribution in [-0.4, -0.2) is 20.2 Å². The smallest absolute Gasteiger partial charge is 0.225 e. The lowest BCUT2D eigenvalue weighted by Crippen LogP contribution is -1.95. The zero-order chi connectivity index (χ0) is 11.0. The Hall–Kier alpha value is -0.870. The SMILES string of the molecule is CC(C)Cc1[nH]nc2nc(Cl)nc(Cl)c12. The Bertz CT molecular complexity index is 492. The summed E-state index contributed by atoms with van der Waals surface area (Å²) in [5.74, 6) is 0.514. The second-order valence-electron chi connectivity index (χ2n) is 3.78. The molecule has 0 aromatic carbocycles. The molecule has 0 amide bonds. The molecule has 6 heteroatoms. The topological polar surface area (TPSA) is 54.5 Å². The summed E-state index contributed by atoms with van der Waals surface area (Å²) in [6.45, 7) is 4.24. The molecule has 0 fully saturated rings. The predicted octanol–water partition coefficient (Wildman–Crippen LogP) is 2.86. The second kappa shape index (κ2) is 3.94. The van der Waals surface area contributed by atoms with E-state index in [9.17, 15) is 0 Å². The van der Waals surface area contributed by atoms with Crippen LogP contribution in [0.5, 0.6) is 0 Å². The van der Waals surface area contributed by atoms with Gasteiger partial charge in [-0.25, -0.2) is 4.98 Å². The molecule has 0 aliphatic rings. The van der Waals surface area contributed by atoms with Crippen LogP contribution in [0.4, 0.5) is 0 Å². The number of fused-ring (bicyclic) bond motifs is 1. The maximum absolute atomic E-state index is 6.00. The van der Waals surface area contributed by atoms with Gasteiger partial charge in [-0.05, 0) is 23.9 Å². The lowest BCUT2D eigenvalue weighted by Gasteiger charge is -2.02. The molecule has 15 heavy (non-hydrogen) atoms. The van der Waals surface area contributed by atoms with Crippen LogP contribution in [0.2, 0.25) is 10.4 Å². The van der Waals surface area contributed by atoms with Crippen LogP contribution in [-0.2, 0) is 6.42 Å². The monoisotopic (exact) mass is 244 g/mol. The number of halogens is 2. The number of nitrogens with zero attached hydrogens (tertiary/aromatic N) is 3. The lowest BCUT2D eigenvalue weighted by atomic mass is 10.1. The molecule has 4 nitrogen and oxygen atoms in total. The fraction of sp³-hybridized carbons (Fsp3) is 0.444. The first kappa shape index (κ1) is 10.6. The van der Waals surface area contributed by atoms with Crippen LogP contribution < -0.4 is 0 Å². The van der Waals surface area contributed by atoms with Gasteiger partial charge in [-0.1, -0.05) is 25.4 Å². The van der Waals surface area contributed by atoms with Gasteiger partial charge in [0, 0.05) is 5.69 Å². The largest absolute Gasteiger partial charge is 0.280 e. The molecule has 0 atom stereocenters. The molecule has 0 bridgehead atoms. The molecular weight excluding hydrogens is 235 g/mol. The Kier molecular flexibility index (Phi) is 2.80. The van der Waals surface area contributed by atoms with Crippen molar-refractivity contribution in [2.24, 2.45) is 5.92 Å². The van der Waals surface area contributed by atoms with Crippen LogP contribution in [0.1, 0.15) is 19.5 Å². The highest BCUT2D eigenvalue weighted by atomic mass is 35.5. The minimum absolute atomic E-state index is 0.120. The molecule has 0 radical (unpaired) electrons. The van der Waals surface area contributed by atoms with Crippen molar-refractivity contribution < 1.29 is 0 Å². The highest BCUT2D eigenvalue weighted by Gasteiger charge is 2.13. The normalized spacial score (nSPS) is 11.5. The standard InChI is InChI=1S/C9H10Cl2N4/c1-4(2)3-5-6-7(10)12-9(11)13-8(6)15-14-5/h4H,3H2,1-2H3,(H,12,13,14,15). The minimum Gasteiger partial charge on any atom is -0.280 e. The third kappa shape index (κ3) is 2.06. The van der Waals surface area contributed by atoms with Crippen molar-refractivity contribution in [2.75, 3.05) is 0 Å². The third-order valence-corrected chi connectivity index (χ3v) is 2.47. The molecule has 0 aliphatic carbocycles. The van der Waals surface area contributed by atoms with Crippen LogP contribution in [0, 0.1) is 5.92 Å².